The van der Waals surface area contributed by atoms with Crippen LogP contribution in [0.4, 0.5) is 8.78 Å². The Labute approximate surface area is 122 Å². The zero-order valence-corrected chi connectivity index (χ0v) is 11.7. The highest BCUT2D eigenvalue weighted by molar-refractivity contribution is 5.31. The summed E-state index contributed by atoms with van der Waals surface area (Å²) in [6.07, 6.45) is 0. The molecule has 0 fully saturated rings. The van der Waals surface area contributed by atoms with Gasteiger partial charge in [0.2, 0.25) is 0 Å². The van der Waals surface area contributed by atoms with Gasteiger partial charge in [0.15, 0.2) is 11.6 Å². The Morgan fingerprint density at radius 3 is 2.33 bits per heavy atom. The van der Waals surface area contributed by atoms with Crippen LogP contribution in [0.5, 0.6) is 11.5 Å². The van der Waals surface area contributed by atoms with Crippen molar-refractivity contribution in [2.75, 3.05) is 20.3 Å². The van der Waals surface area contributed by atoms with Gasteiger partial charge in [-0.3, -0.25) is 0 Å². The molecule has 0 heterocycles. The average Bonchev–Trinajstić information content (AvgIpc) is 2.51. The summed E-state index contributed by atoms with van der Waals surface area (Å²) >= 11 is 0. The quantitative estimate of drug-likeness (QED) is 0.796. The second-order valence-electron chi connectivity index (χ2n) is 4.45. The topological polar surface area (TPSA) is 30.5 Å². The molecular formula is C16H17F2NO2. The van der Waals surface area contributed by atoms with Crippen LogP contribution in [0, 0.1) is 11.6 Å². The van der Waals surface area contributed by atoms with E-state index in [0.717, 1.165) is 17.6 Å². The molecule has 0 aliphatic heterocycles. The third-order valence-corrected chi connectivity index (χ3v) is 2.92. The van der Waals surface area contributed by atoms with Gasteiger partial charge in [0, 0.05) is 13.1 Å². The highest BCUT2D eigenvalue weighted by Gasteiger charge is 2.02. The van der Waals surface area contributed by atoms with Crippen molar-refractivity contribution < 1.29 is 18.3 Å². The summed E-state index contributed by atoms with van der Waals surface area (Å²) in [7, 11) is 1.61. The molecule has 3 nitrogen and oxygen atoms in total. The van der Waals surface area contributed by atoms with E-state index in [9.17, 15) is 8.78 Å². The van der Waals surface area contributed by atoms with E-state index in [2.05, 4.69) is 5.32 Å². The summed E-state index contributed by atoms with van der Waals surface area (Å²) < 4.78 is 36.3. The van der Waals surface area contributed by atoms with Crippen molar-refractivity contribution in [1.29, 1.82) is 0 Å². The SMILES string of the molecule is COc1ccc(OCCNCc2ccc(F)c(F)c2)cc1. The number of ether oxygens (including phenoxy) is 2. The molecule has 2 aromatic carbocycles. The third-order valence-electron chi connectivity index (χ3n) is 2.92. The van der Waals surface area contributed by atoms with Crippen LogP contribution < -0.4 is 14.8 Å². The first-order valence-electron chi connectivity index (χ1n) is 6.60. The number of methoxy groups -OCH3 is 1. The Balaban J connectivity index is 1.68. The smallest absolute Gasteiger partial charge is 0.159 e. The van der Waals surface area contributed by atoms with Gasteiger partial charge in [-0.2, -0.15) is 0 Å². The maximum absolute atomic E-state index is 13.0. The fourth-order valence-electron chi connectivity index (χ4n) is 1.80. The summed E-state index contributed by atoms with van der Waals surface area (Å²) in [5.41, 5.74) is 0.693. The van der Waals surface area contributed by atoms with Crippen molar-refractivity contribution in [1.82, 2.24) is 5.32 Å². The Morgan fingerprint density at radius 1 is 0.952 bits per heavy atom. The number of rotatable bonds is 7. The molecule has 2 rings (SSSR count). The van der Waals surface area contributed by atoms with E-state index in [4.69, 9.17) is 9.47 Å². The van der Waals surface area contributed by atoms with Crippen LogP contribution in [-0.4, -0.2) is 20.3 Å². The van der Waals surface area contributed by atoms with E-state index >= 15 is 0 Å². The van der Waals surface area contributed by atoms with E-state index in [1.54, 1.807) is 13.2 Å². The molecule has 21 heavy (non-hydrogen) atoms. The van der Waals surface area contributed by atoms with Gasteiger partial charge in [0.05, 0.1) is 7.11 Å². The van der Waals surface area contributed by atoms with Gasteiger partial charge in [0.25, 0.3) is 0 Å². The number of halogens is 2. The van der Waals surface area contributed by atoms with Crippen LogP contribution in [0.2, 0.25) is 0 Å². The van der Waals surface area contributed by atoms with Gasteiger partial charge in [-0.25, -0.2) is 8.78 Å². The minimum Gasteiger partial charge on any atom is -0.497 e. The number of hydrogen-bond acceptors (Lipinski definition) is 3. The van der Waals surface area contributed by atoms with Crippen LogP contribution in [0.15, 0.2) is 42.5 Å². The van der Waals surface area contributed by atoms with Crippen LogP contribution in [0.1, 0.15) is 5.56 Å². The maximum Gasteiger partial charge on any atom is 0.159 e. The Bertz CT molecular complexity index is 573. The lowest BCUT2D eigenvalue weighted by molar-refractivity contribution is 0.313. The molecule has 0 unspecified atom stereocenters. The van der Waals surface area contributed by atoms with Crippen LogP contribution >= 0.6 is 0 Å². The first-order valence-corrected chi connectivity index (χ1v) is 6.60. The molecule has 0 amide bonds. The number of benzene rings is 2. The van der Waals surface area contributed by atoms with Gasteiger partial charge in [0.1, 0.15) is 18.1 Å². The minimum absolute atomic E-state index is 0.461. The normalized spacial score (nSPS) is 10.4. The van der Waals surface area contributed by atoms with E-state index in [-0.39, 0.29) is 0 Å². The Kier molecular flexibility index (Phi) is 5.51. The summed E-state index contributed by atoms with van der Waals surface area (Å²) in [6, 6.07) is 11.2. The summed E-state index contributed by atoms with van der Waals surface area (Å²) in [4.78, 5) is 0. The molecular weight excluding hydrogens is 276 g/mol. The van der Waals surface area contributed by atoms with Gasteiger partial charge in [-0.15, -0.1) is 0 Å². The molecule has 0 spiro atoms. The highest BCUT2D eigenvalue weighted by atomic mass is 19.2. The Hall–Kier alpha value is -2.14. The number of hydrogen-bond donors (Lipinski definition) is 1. The van der Waals surface area contributed by atoms with Crippen molar-refractivity contribution >= 4 is 0 Å². The highest BCUT2D eigenvalue weighted by Crippen LogP contribution is 2.16. The molecule has 0 aromatic heterocycles. The van der Waals surface area contributed by atoms with Gasteiger partial charge >= 0.3 is 0 Å². The zero-order valence-electron chi connectivity index (χ0n) is 11.7. The van der Waals surface area contributed by atoms with Crippen molar-refractivity contribution in [2.24, 2.45) is 0 Å². The maximum atomic E-state index is 13.0. The standard InChI is InChI=1S/C16H17F2NO2/c1-20-13-3-5-14(6-4-13)21-9-8-19-11-12-2-7-15(17)16(18)10-12/h2-7,10,19H,8-9,11H2,1H3. The monoisotopic (exact) mass is 293 g/mol. The van der Waals surface area contributed by atoms with E-state index in [0.29, 0.717) is 25.3 Å². The fraction of sp³-hybridized carbons (Fsp3) is 0.250. The van der Waals surface area contributed by atoms with Crippen molar-refractivity contribution in [3.05, 3.63) is 59.7 Å². The lowest BCUT2D eigenvalue weighted by atomic mass is 10.2. The molecule has 0 atom stereocenters. The lowest BCUT2D eigenvalue weighted by Crippen LogP contribution is -2.20. The molecule has 112 valence electrons. The molecule has 0 aliphatic rings. The molecule has 5 heteroatoms. The second kappa shape index (κ2) is 7.59. The first-order chi connectivity index (χ1) is 10.2. The zero-order chi connectivity index (χ0) is 15.1. The molecule has 0 aliphatic carbocycles. The van der Waals surface area contributed by atoms with Crippen LogP contribution in [-0.2, 0) is 6.54 Å². The largest absolute Gasteiger partial charge is 0.497 e. The van der Waals surface area contributed by atoms with Crippen molar-refractivity contribution in [3.8, 4) is 11.5 Å². The van der Waals surface area contributed by atoms with Crippen molar-refractivity contribution in [2.45, 2.75) is 6.54 Å². The second-order valence-corrected chi connectivity index (χ2v) is 4.45. The summed E-state index contributed by atoms with van der Waals surface area (Å²) in [5, 5.41) is 3.10. The number of nitrogens with one attached hydrogen (secondary N) is 1. The summed E-state index contributed by atoms with van der Waals surface area (Å²) in [5.74, 6) is -0.130. The van der Waals surface area contributed by atoms with Crippen molar-refractivity contribution in [3.63, 3.8) is 0 Å². The fourth-order valence-corrected chi connectivity index (χ4v) is 1.80. The van der Waals surface area contributed by atoms with E-state index < -0.39 is 11.6 Å². The third kappa shape index (κ3) is 4.72. The van der Waals surface area contributed by atoms with Gasteiger partial charge in [-0.1, -0.05) is 6.07 Å². The van der Waals surface area contributed by atoms with Gasteiger partial charge < -0.3 is 14.8 Å². The molecule has 0 saturated heterocycles. The predicted octanol–water partition coefficient (Wildman–Crippen LogP) is 3.14. The minimum atomic E-state index is -0.832. The lowest BCUT2D eigenvalue weighted by Gasteiger charge is -2.08. The predicted molar refractivity (Wildman–Crippen MR) is 76.6 cm³/mol. The molecule has 0 radical (unpaired) electrons. The molecule has 0 bridgehead atoms. The van der Waals surface area contributed by atoms with Crippen LogP contribution in [0.25, 0.3) is 0 Å². The first kappa shape index (κ1) is 15.3. The van der Waals surface area contributed by atoms with E-state index in [1.807, 2.05) is 24.3 Å². The molecule has 1 N–H and O–H groups in total. The molecule has 0 saturated carbocycles. The average molecular weight is 293 g/mol. The Morgan fingerprint density at radius 2 is 1.67 bits per heavy atom. The van der Waals surface area contributed by atoms with Crippen LogP contribution in [0.3, 0.4) is 0 Å². The van der Waals surface area contributed by atoms with E-state index in [1.165, 1.54) is 6.07 Å². The summed E-state index contributed by atoms with van der Waals surface area (Å²) in [6.45, 7) is 1.55. The van der Waals surface area contributed by atoms with Gasteiger partial charge in [-0.05, 0) is 42.0 Å². The molecule has 2 aromatic rings.